The van der Waals surface area contributed by atoms with E-state index in [4.69, 9.17) is 9.52 Å². The van der Waals surface area contributed by atoms with Gasteiger partial charge in [0.1, 0.15) is 5.76 Å². The van der Waals surface area contributed by atoms with Gasteiger partial charge in [0.15, 0.2) is 0 Å². The van der Waals surface area contributed by atoms with Gasteiger partial charge in [-0.2, -0.15) is 0 Å². The molecule has 0 aromatic carbocycles. The highest BCUT2D eigenvalue weighted by Crippen LogP contribution is 2.22. The molecule has 5 nitrogen and oxygen atoms in total. The third kappa shape index (κ3) is 4.69. The van der Waals surface area contributed by atoms with E-state index in [9.17, 15) is 4.79 Å². The zero-order valence-corrected chi connectivity index (χ0v) is 12.0. The second-order valence-corrected chi connectivity index (χ2v) is 5.43. The molecule has 5 heteroatoms. The lowest BCUT2D eigenvalue weighted by molar-refractivity contribution is 0.0562. The van der Waals surface area contributed by atoms with E-state index >= 15 is 0 Å². The third-order valence-electron chi connectivity index (χ3n) is 3.12. The van der Waals surface area contributed by atoms with Crippen molar-refractivity contribution >= 4 is 5.97 Å². The monoisotopic (exact) mass is 269 g/mol. The maximum Gasteiger partial charge on any atom is 0.373 e. The number of hydrogen-bond donors (Lipinski definition) is 2. The second kappa shape index (κ2) is 6.73. The van der Waals surface area contributed by atoms with Gasteiger partial charge in [-0.25, -0.2) is 4.79 Å². The van der Waals surface area contributed by atoms with E-state index in [1.54, 1.807) is 12.1 Å². The van der Waals surface area contributed by atoms with Crippen molar-refractivity contribution in [2.24, 2.45) is 5.41 Å². The third-order valence-corrected chi connectivity index (χ3v) is 3.12. The van der Waals surface area contributed by atoms with Crippen molar-refractivity contribution in [2.75, 3.05) is 20.3 Å². The minimum Gasteiger partial charge on any atom is -0.463 e. The van der Waals surface area contributed by atoms with Crippen LogP contribution in [0.15, 0.2) is 16.5 Å². The van der Waals surface area contributed by atoms with Gasteiger partial charge in [0, 0.05) is 13.2 Å². The molecule has 0 radical (unpaired) electrons. The van der Waals surface area contributed by atoms with Crippen molar-refractivity contribution in [3.63, 3.8) is 0 Å². The first-order valence-electron chi connectivity index (χ1n) is 6.42. The van der Waals surface area contributed by atoms with Crippen LogP contribution in [0.1, 0.15) is 49.5 Å². The molecule has 0 fully saturated rings. The number of ether oxygens (including phenoxy) is 1. The van der Waals surface area contributed by atoms with E-state index in [-0.39, 0.29) is 23.8 Å². The molecular formula is C14H23NO4. The number of nitrogens with one attached hydrogen (secondary N) is 1. The maximum atomic E-state index is 11.3. The van der Waals surface area contributed by atoms with E-state index in [2.05, 4.69) is 23.9 Å². The number of aliphatic hydroxyl groups is 1. The normalized spacial score (nSPS) is 13.3. The summed E-state index contributed by atoms with van der Waals surface area (Å²) >= 11 is 0. The molecule has 0 spiro atoms. The summed E-state index contributed by atoms with van der Waals surface area (Å²) in [5, 5.41) is 12.3. The largest absolute Gasteiger partial charge is 0.463 e. The summed E-state index contributed by atoms with van der Waals surface area (Å²) in [6.07, 6.45) is 0.734. The van der Waals surface area contributed by atoms with Gasteiger partial charge in [0.25, 0.3) is 0 Å². The molecule has 1 rings (SSSR count). The number of carbonyl (C=O) groups is 1. The molecule has 0 aliphatic heterocycles. The molecular weight excluding hydrogens is 246 g/mol. The highest BCUT2D eigenvalue weighted by Gasteiger charge is 2.20. The van der Waals surface area contributed by atoms with Crippen LogP contribution in [0.3, 0.4) is 0 Å². The number of methoxy groups -OCH3 is 1. The Kier molecular flexibility index (Phi) is 5.57. The molecule has 0 saturated heterocycles. The summed E-state index contributed by atoms with van der Waals surface area (Å²) in [7, 11) is 1.32. The maximum absolute atomic E-state index is 11.3. The molecule has 108 valence electrons. The highest BCUT2D eigenvalue weighted by atomic mass is 16.5. The summed E-state index contributed by atoms with van der Waals surface area (Å²) in [5.41, 5.74) is 0.0147. The van der Waals surface area contributed by atoms with E-state index in [1.807, 2.05) is 6.92 Å². The Morgan fingerprint density at radius 2 is 2.21 bits per heavy atom. The number of carbonyl (C=O) groups excluding carboxylic acids is 1. The molecule has 1 aromatic heterocycles. The SMILES string of the molecule is COC(=O)c1ccc(C(C)NCC(C)(C)CCO)o1. The van der Waals surface area contributed by atoms with Gasteiger partial charge in [0.2, 0.25) is 5.76 Å². The first-order valence-corrected chi connectivity index (χ1v) is 6.42. The van der Waals surface area contributed by atoms with Gasteiger partial charge in [-0.15, -0.1) is 0 Å². The Bertz CT molecular complexity index is 411. The second-order valence-electron chi connectivity index (χ2n) is 5.43. The first kappa shape index (κ1) is 15.7. The summed E-state index contributed by atoms with van der Waals surface area (Å²) in [6.45, 7) is 7.07. The Labute approximate surface area is 113 Å². The van der Waals surface area contributed by atoms with Crippen molar-refractivity contribution in [1.29, 1.82) is 0 Å². The topological polar surface area (TPSA) is 71.7 Å². The molecule has 0 bridgehead atoms. The van der Waals surface area contributed by atoms with Gasteiger partial charge in [0.05, 0.1) is 13.2 Å². The van der Waals surface area contributed by atoms with Crippen LogP contribution in [0, 0.1) is 5.41 Å². The molecule has 1 aromatic rings. The number of esters is 1. The van der Waals surface area contributed by atoms with Crippen molar-refractivity contribution in [1.82, 2.24) is 5.32 Å². The van der Waals surface area contributed by atoms with Crippen LogP contribution in [-0.2, 0) is 4.74 Å². The van der Waals surface area contributed by atoms with Crippen LogP contribution < -0.4 is 5.32 Å². The first-order chi connectivity index (χ1) is 8.89. The fourth-order valence-electron chi connectivity index (χ4n) is 1.72. The Hall–Kier alpha value is -1.33. The van der Waals surface area contributed by atoms with Crippen molar-refractivity contribution in [2.45, 2.75) is 33.2 Å². The minimum atomic E-state index is -0.473. The van der Waals surface area contributed by atoms with E-state index < -0.39 is 5.97 Å². The van der Waals surface area contributed by atoms with E-state index in [0.717, 1.165) is 13.0 Å². The van der Waals surface area contributed by atoms with Gasteiger partial charge in [-0.1, -0.05) is 13.8 Å². The lowest BCUT2D eigenvalue weighted by Gasteiger charge is -2.25. The van der Waals surface area contributed by atoms with Gasteiger partial charge in [-0.3, -0.25) is 0 Å². The van der Waals surface area contributed by atoms with Crippen LogP contribution in [0.5, 0.6) is 0 Å². The average Bonchev–Trinajstić information content (AvgIpc) is 2.84. The van der Waals surface area contributed by atoms with Crippen LogP contribution in [-0.4, -0.2) is 31.3 Å². The zero-order valence-electron chi connectivity index (χ0n) is 12.0. The fraction of sp³-hybridized carbons (Fsp3) is 0.643. The van der Waals surface area contributed by atoms with E-state index in [1.165, 1.54) is 7.11 Å². The Morgan fingerprint density at radius 3 is 2.79 bits per heavy atom. The molecule has 1 heterocycles. The summed E-state index contributed by atoms with van der Waals surface area (Å²) < 4.78 is 10.0. The predicted molar refractivity (Wildman–Crippen MR) is 71.9 cm³/mol. The van der Waals surface area contributed by atoms with Gasteiger partial charge in [-0.05, 0) is 30.9 Å². The lowest BCUT2D eigenvalue weighted by atomic mass is 9.89. The molecule has 1 atom stereocenters. The van der Waals surface area contributed by atoms with Crippen molar-refractivity contribution in [3.05, 3.63) is 23.7 Å². The standard InChI is InChI=1S/C14H23NO4/c1-10(15-9-14(2,3)7-8-16)11-5-6-12(19-11)13(17)18-4/h5-6,10,15-16H,7-9H2,1-4H3. The number of furan rings is 1. The lowest BCUT2D eigenvalue weighted by Crippen LogP contribution is -2.31. The van der Waals surface area contributed by atoms with Gasteiger partial charge < -0.3 is 19.6 Å². The minimum absolute atomic E-state index is 0.00336. The quantitative estimate of drug-likeness (QED) is 0.742. The van der Waals surface area contributed by atoms with Crippen LogP contribution >= 0.6 is 0 Å². The Morgan fingerprint density at radius 1 is 1.53 bits per heavy atom. The van der Waals surface area contributed by atoms with Gasteiger partial charge >= 0.3 is 5.97 Å². The number of aliphatic hydroxyl groups excluding tert-OH is 1. The molecule has 1 unspecified atom stereocenters. The van der Waals surface area contributed by atoms with Crippen LogP contribution in [0.25, 0.3) is 0 Å². The molecule has 0 amide bonds. The van der Waals surface area contributed by atoms with Crippen LogP contribution in [0.4, 0.5) is 0 Å². The van der Waals surface area contributed by atoms with Crippen LogP contribution in [0.2, 0.25) is 0 Å². The summed E-state index contributed by atoms with van der Waals surface area (Å²) in [6, 6.07) is 3.37. The molecule has 19 heavy (non-hydrogen) atoms. The smallest absolute Gasteiger partial charge is 0.373 e. The molecule has 2 N–H and O–H groups in total. The average molecular weight is 269 g/mol. The number of hydrogen-bond acceptors (Lipinski definition) is 5. The highest BCUT2D eigenvalue weighted by molar-refractivity contribution is 5.86. The predicted octanol–water partition coefficient (Wildman–Crippen LogP) is 2.13. The molecule has 0 saturated carbocycles. The molecule has 0 aliphatic rings. The summed E-state index contributed by atoms with van der Waals surface area (Å²) in [4.78, 5) is 11.3. The summed E-state index contributed by atoms with van der Waals surface area (Å²) in [5.74, 6) is 0.431. The zero-order chi connectivity index (χ0) is 14.5. The fourth-order valence-corrected chi connectivity index (χ4v) is 1.72. The Balaban J connectivity index is 2.56. The van der Waals surface area contributed by atoms with E-state index in [0.29, 0.717) is 5.76 Å². The van der Waals surface area contributed by atoms with Crippen molar-refractivity contribution in [3.8, 4) is 0 Å². The molecule has 0 aliphatic carbocycles. The number of rotatable bonds is 7. The van der Waals surface area contributed by atoms with Crippen molar-refractivity contribution < 1.29 is 19.1 Å².